The molecule has 7 unspecified atom stereocenters. The van der Waals surface area contributed by atoms with Crippen LogP contribution in [0.3, 0.4) is 0 Å². The predicted molar refractivity (Wildman–Crippen MR) is 153 cm³/mol. The number of ketones is 2. The van der Waals surface area contributed by atoms with Gasteiger partial charge in [-0.25, -0.2) is 0 Å². The van der Waals surface area contributed by atoms with Crippen LogP contribution in [0.2, 0.25) is 0 Å². The lowest BCUT2D eigenvalue weighted by molar-refractivity contribution is -0.159. The molecule has 5 heteroatoms. The van der Waals surface area contributed by atoms with Gasteiger partial charge in [-0.2, -0.15) is 5.26 Å². The van der Waals surface area contributed by atoms with Gasteiger partial charge in [-0.05, 0) is 91.9 Å². The minimum Gasteiger partial charge on any atom is -0.295 e. The third-order valence-electron chi connectivity index (χ3n) is 12.8. The van der Waals surface area contributed by atoms with Gasteiger partial charge in [-0.1, -0.05) is 72.1 Å². The van der Waals surface area contributed by atoms with Crippen molar-refractivity contribution in [1.29, 1.82) is 5.26 Å². The minimum absolute atomic E-state index is 0.00896. The van der Waals surface area contributed by atoms with Crippen molar-refractivity contribution in [3.63, 3.8) is 0 Å². The molecule has 0 aromatic heterocycles. The quantitative estimate of drug-likeness (QED) is 0.383. The number of carbonyl (C=O) groups is 2. The maximum absolute atomic E-state index is 14.5. The van der Waals surface area contributed by atoms with Crippen molar-refractivity contribution in [2.24, 2.45) is 44.8 Å². The molecule has 6 rings (SSSR count). The number of fused-ring (bicyclic) bond motifs is 7. The molecule has 4 saturated carbocycles. The van der Waals surface area contributed by atoms with Gasteiger partial charge in [0, 0.05) is 27.5 Å². The number of nitrogens with zero attached hydrogens (tertiary/aromatic N) is 1. The molecule has 6 aliphatic carbocycles. The van der Waals surface area contributed by atoms with Gasteiger partial charge in [0.15, 0.2) is 11.6 Å². The maximum atomic E-state index is 14.5. The molecular weight excluding hydrogens is 488 g/mol. The van der Waals surface area contributed by atoms with E-state index in [9.17, 15) is 14.9 Å². The van der Waals surface area contributed by atoms with E-state index in [-0.39, 0.29) is 45.0 Å². The second kappa shape index (κ2) is 8.10. The Bertz CT molecular complexity index is 1200. The molecule has 0 aromatic rings. The third-order valence-corrected chi connectivity index (χ3v) is 14.1. The fourth-order valence-electron chi connectivity index (χ4n) is 10.2. The van der Waals surface area contributed by atoms with Crippen LogP contribution in [-0.2, 0) is 9.59 Å². The molecule has 0 amide bonds. The van der Waals surface area contributed by atoms with E-state index in [1.807, 2.05) is 37.9 Å². The zero-order valence-corrected chi connectivity index (χ0v) is 25.3. The summed E-state index contributed by atoms with van der Waals surface area (Å²) in [6.07, 6.45) is 14.2. The molecule has 0 heterocycles. The van der Waals surface area contributed by atoms with E-state index in [1.54, 1.807) is 0 Å². The highest BCUT2D eigenvalue weighted by Crippen LogP contribution is 2.73. The van der Waals surface area contributed by atoms with E-state index in [2.05, 4.69) is 45.4 Å². The van der Waals surface area contributed by atoms with Gasteiger partial charge in [-0.15, -0.1) is 0 Å². The summed E-state index contributed by atoms with van der Waals surface area (Å²) >= 11 is 1.96. The molecule has 7 atom stereocenters. The number of carbonyl (C=O) groups excluding carboxylic acids is 2. The first-order chi connectivity index (χ1) is 17.6. The largest absolute Gasteiger partial charge is 0.295 e. The highest BCUT2D eigenvalue weighted by atomic mass is 32.2. The topological polar surface area (TPSA) is 70.0 Å². The SMILES string of the molecule is CC1(C)CCC2(NSC3CC3)CCC3(C)C(C(=O)C=C4C5(C)C=C(C#N)C(=O)C(C)(C)C5CCC43C)C2C1. The van der Waals surface area contributed by atoms with Crippen LogP contribution in [0.15, 0.2) is 23.3 Å². The molecule has 4 nitrogen and oxygen atoms in total. The van der Waals surface area contributed by atoms with Gasteiger partial charge in [0.2, 0.25) is 0 Å². The van der Waals surface area contributed by atoms with Crippen LogP contribution in [0, 0.1) is 56.2 Å². The van der Waals surface area contributed by atoms with Crippen LogP contribution >= 0.6 is 11.9 Å². The fourth-order valence-corrected chi connectivity index (χ4v) is 11.3. The zero-order chi connectivity index (χ0) is 27.5. The average molecular weight is 535 g/mol. The Hall–Kier alpha value is -1.38. The molecule has 1 N–H and O–H groups in total. The first kappa shape index (κ1) is 26.8. The van der Waals surface area contributed by atoms with Crippen molar-refractivity contribution in [2.45, 2.75) is 117 Å². The number of nitrogens with one attached hydrogen (secondary N) is 1. The van der Waals surface area contributed by atoms with Crippen LogP contribution < -0.4 is 4.72 Å². The summed E-state index contributed by atoms with van der Waals surface area (Å²) in [6, 6.07) is 2.22. The van der Waals surface area contributed by atoms with Gasteiger partial charge < -0.3 is 0 Å². The zero-order valence-electron chi connectivity index (χ0n) is 24.5. The molecule has 0 spiro atoms. The first-order valence-electron chi connectivity index (χ1n) is 15.0. The lowest BCUT2D eigenvalue weighted by Gasteiger charge is -2.69. The molecule has 0 bridgehead atoms. The first-order valence-corrected chi connectivity index (χ1v) is 15.9. The third kappa shape index (κ3) is 3.44. The number of hydrogen-bond acceptors (Lipinski definition) is 5. The minimum atomic E-state index is -0.614. The average Bonchev–Trinajstić information content (AvgIpc) is 3.67. The van der Waals surface area contributed by atoms with Crippen LogP contribution in [0.5, 0.6) is 0 Å². The summed E-state index contributed by atoms with van der Waals surface area (Å²) in [5.74, 6) is 0.699. The Morgan fingerprint density at radius 1 is 0.947 bits per heavy atom. The normalized spacial score (nSPS) is 46.9. The van der Waals surface area contributed by atoms with Crippen LogP contribution in [-0.4, -0.2) is 22.4 Å². The van der Waals surface area contributed by atoms with Crippen molar-refractivity contribution in [1.82, 2.24) is 4.72 Å². The van der Waals surface area contributed by atoms with Gasteiger partial charge in [0.25, 0.3) is 0 Å². The number of nitriles is 1. The van der Waals surface area contributed by atoms with E-state index in [0.717, 1.165) is 43.8 Å². The van der Waals surface area contributed by atoms with E-state index in [1.165, 1.54) is 24.8 Å². The summed E-state index contributed by atoms with van der Waals surface area (Å²) in [5.41, 5.74) is 0.404. The summed E-state index contributed by atoms with van der Waals surface area (Å²) in [4.78, 5) is 27.8. The molecule has 0 saturated heterocycles. The van der Waals surface area contributed by atoms with Gasteiger partial charge in [0.05, 0.1) is 5.57 Å². The summed E-state index contributed by atoms with van der Waals surface area (Å²) in [7, 11) is 0. The fraction of sp³-hybridized carbons (Fsp3) is 0.788. The second-order valence-electron chi connectivity index (χ2n) is 15.8. The van der Waals surface area contributed by atoms with Crippen LogP contribution in [0.4, 0.5) is 0 Å². The molecular formula is C33H46N2O2S. The second-order valence-corrected chi connectivity index (χ2v) is 16.9. The maximum Gasteiger partial charge on any atom is 0.178 e. The molecule has 0 radical (unpaired) electrons. The van der Waals surface area contributed by atoms with Crippen molar-refractivity contribution in [2.75, 3.05) is 0 Å². The number of hydrogen-bond donors (Lipinski definition) is 1. The molecule has 38 heavy (non-hydrogen) atoms. The summed E-state index contributed by atoms with van der Waals surface area (Å²) < 4.78 is 4.03. The lowest BCUT2D eigenvalue weighted by Crippen LogP contribution is -2.68. The van der Waals surface area contributed by atoms with Crippen molar-refractivity contribution in [3.8, 4) is 6.07 Å². The van der Waals surface area contributed by atoms with Crippen molar-refractivity contribution < 1.29 is 9.59 Å². The monoisotopic (exact) mass is 534 g/mol. The summed E-state index contributed by atoms with van der Waals surface area (Å²) in [6.45, 7) is 15.9. The Balaban J connectivity index is 1.48. The molecule has 206 valence electrons. The van der Waals surface area contributed by atoms with Crippen LogP contribution in [0.25, 0.3) is 0 Å². The Kier molecular flexibility index (Phi) is 5.71. The van der Waals surface area contributed by atoms with E-state index >= 15 is 0 Å². The standard InChI is InChI=1S/C33H46N2O2S/c1-28(2)12-14-33(35-38-21-8-9-21)15-13-32(7)26(22(33)18-28)23(36)16-25-30(5)17-20(19-34)27(37)29(3,4)24(30)10-11-31(25,32)6/h16-17,21-22,24,26,35H,8-15,18H2,1-7H3. The van der Waals surface area contributed by atoms with Crippen LogP contribution in [0.1, 0.15) is 106 Å². The lowest BCUT2D eigenvalue weighted by atomic mass is 9.35. The number of Topliss-reactive ketones (excluding diaryl/α,β-unsaturated/α-hetero) is 1. The molecule has 4 fully saturated rings. The Labute approximate surface area is 234 Å². The molecule has 0 aromatic carbocycles. The Morgan fingerprint density at radius 3 is 2.29 bits per heavy atom. The smallest absolute Gasteiger partial charge is 0.178 e. The van der Waals surface area contributed by atoms with E-state index in [0.29, 0.717) is 11.7 Å². The van der Waals surface area contributed by atoms with E-state index < -0.39 is 10.8 Å². The number of rotatable bonds is 3. The number of allylic oxidation sites excluding steroid dienone is 4. The van der Waals surface area contributed by atoms with Crippen molar-refractivity contribution in [3.05, 3.63) is 23.3 Å². The highest BCUT2D eigenvalue weighted by molar-refractivity contribution is 7.98. The molecule has 6 aliphatic rings. The van der Waals surface area contributed by atoms with Gasteiger partial charge in [0.1, 0.15) is 6.07 Å². The highest BCUT2D eigenvalue weighted by Gasteiger charge is 2.69. The van der Waals surface area contributed by atoms with E-state index in [4.69, 9.17) is 0 Å². The predicted octanol–water partition coefficient (Wildman–Crippen LogP) is 7.36. The Morgan fingerprint density at radius 2 is 1.63 bits per heavy atom. The summed E-state index contributed by atoms with van der Waals surface area (Å²) in [5, 5.41) is 10.7. The molecule has 0 aliphatic heterocycles. The van der Waals surface area contributed by atoms with Gasteiger partial charge in [-0.3, -0.25) is 14.3 Å². The van der Waals surface area contributed by atoms with Crippen molar-refractivity contribution >= 4 is 23.5 Å². The van der Waals surface area contributed by atoms with Gasteiger partial charge >= 0.3 is 0 Å².